The fourth-order valence-electron chi connectivity index (χ4n) is 3.92. The van der Waals surface area contributed by atoms with Crippen LogP contribution in [-0.2, 0) is 10.3 Å². The molecule has 4 rings (SSSR count). The fraction of sp³-hybridized carbons (Fsp3) is 0.381. The number of anilines is 1. The Kier molecular flexibility index (Phi) is 5.69. The van der Waals surface area contributed by atoms with E-state index in [1.54, 1.807) is 24.3 Å². The second-order valence-electron chi connectivity index (χ2n) is 7.70. The molecule has 2 aliphatic heterocycles. The maximum atomic E-state index is 16.1. The summed E-state index contributed by atoms with van der Waals surface area (Å²) in [5, 5.41) is 2.96. The number of aliphatic imine (C=N–C) groups is 1. The van der Waals surface area contributed by atoms with Crippen molar-refractivity contribution < 1.29 is 22.7 Å². The van der Waals surface area contributed by atoms with Crippen molar-refractivity contribution in [1.82, 2.24) is 4.98 Å². The lowest BCUT2D eigenvalue weighted by Gasteiger charge is -2.49. The molecule has 2 aliphatic rings. The van der Waals surface area contributed by atoms with Crippen molar-refractivity contribution in [2.75, 3.05) is 17.7 Å². The molecule has 0 saturated carbocycles. The normalized spacial score (nSPS) is 28.0. The summed E-state index contributed by atoms with van der Waals surface area (Å²) in [5.41, 5.74) is 3.61. The van der Waals surface area contributed by atoms with Gasteiger partial charge in [0.15, 0.2) is 10.8 Å². The summed E-state index contributed by atoms with van der Waals surface area (Å²) in [6.45, 7) is 1.85. The minimum Gasteiger partial charge on any atom is -0.379 e. The topological polar surface area (TPSA) is 89.6 Å². The molecule has 2 aromatic rings. The van der Waals surface area contributed by atoms with Crippen LogP contribution in [0.25, 0.3) is 0 Å². The number of fused-ring (bicyclic) bond motifs is 1. The van der Waals surface area contributed by atoms with Gasteiger partial charge >= 0.3 is 0 Å². The van der Waals surface area contributed by atoms with Gasteiger partial charge in [-0.15, -0.1) is 0 Å². The van der Waals surface area contributed by atoms with E-state index >= 15 is 4.39 Å². The van der Waals surface area contributed by atoms with Gasteiger partial charge in [0.1, 0.15) is 11.2 Å². The van der Waals surface area contributed by atoms with Gasteiger partial charge in [0.2, 0.25) is 0 Å². The van der Waals surface area contributed by atoms with Gasteiger partial charge in [-0.1, -0.05) is 23.9 Å². The van der Waals surface area contributed by atoms with E-state index in [4.69, 9.17) is 10.5 Å². The number of rotatable bonds is 4. The summed E-state index contributed by atoms with van der Waals surface area (Å²) in [7, 11) is 0. The second kappa shape index (κ2) is 8.16. The maximum Gasteiger partial charge on any atom is 0.274 e. The molecule has 3 heterocycles. The van der Waals surface area contributed by atoms with E-state index in [-0.39, 0.29) is 41.3 Å². The minimum absolute atomic E-state index is 0.0149. The second-order valence-corrected chi connectivity index (χ2v) is 8.70. The number of carbonyl (C=O) groups excluding carboxylic acids is 1. The summed E-state index contributed by atoms with van der Waals surface area (Å²) in [5.74, 6) is -0.412. The molecular formula is C21H21F3N4O2S. The molecule has 1 aromatic heterocycles. The van der Waals surface area contributed by atoms with Crippen LogP contribution in [-0.4, -0.2) is 40.2 Å². The number of carbonyl (C=O) groups is 1. The van der Waals surface area contributed by atoms with E-state index in [0.717, 1.165) is 12.3 Å². The monoisotopic (exact) mass is 450 g/mol. The highest BCUT2D eigenvalue weighted by molar-refractivity contribution is 8.13. The highest BCUT2D eigenvalue weighted by atomic mass is 32.2. The third-order valence-electron chi connectivity index (χ3n) is 5.55. The molecule has 0 spiro atoms. The Morgan fingerprint density at radius 2 is 2.16 bits per heavy atom. The van der Waals surface area contributed by atoms with Gasteiger partial charge in [0.25, 0.3) is 12.3 Å². The van der Waals surface area contributed by atoms with E-state index < -0.39 is 23.5 Å². The molecule has 1 saturated heterocycles. The zero-order valence-corrected chi connectivity index (χ0v) is 17.5. The van der Waals surface area contributed by atoms with Crippen molar-refractivity contribution >= 4 is 28.5 Å². The molecule has 1 amide bonds. The van der Waals surface area contributed by atoms with Crippen molar-refractivity contribution in [3.05, 3.63) is 59.4 Å². The maximum absolute atomic E-state index is 16.1. The zero-order valence-electron chi connectivity index (χ0n) is 16.6. The molecular weight excluding hydrogens is 429 g/mol. The summed E-state index contributed by atoms with van der Waals surface area (Å²) >= 11 is 1.18. The van der Waals surface area contributed by atoms with Gasteiger partial charge < -0.3 is 15.8 Å². The summed E-state index contributed by atoms with van der Waals surface area (Å²) in [6.07, 6.45) is -1.78. The van der Waals surface area contributed by atoms with Gasteiger partial charge in [-0.05, 0) is 36.8 Å². The molecule has 10 heteroatoms. The summed E-state index contributed by atoms with van der Waals surface area (Å²) in [6, 6.07) is 9.06. The van der Waals surface area contributed by atoms with Crippen molar-refractivity contribution in [2.24, 2.45) is 10.7 Å². The number of ether oxygens (including phenoxy) is 1. The van der Waals surface area contributed by atoms with Gasteiger partial charge in [0, 0.05) is 29.6 Å². The number of pyridine rings is 1. The Balaban J connectivity index is 1.63. The smallest absolute Gasteiger partial charge is 0.274 e. The Labute approximate surface area is 181 Å². The molecule has 1 fully saturated rings. The number of nitrogens with zero attached hydrogens (tertiary/aromatic N) is 2. The number of amidine groups is 1. The van der Waals surface area contributed by atoms with Crippen LogP contribution in [0.5, 0.6) is 0 Å². The first-order valence-electron chi connectivity index (χ1n) is 9.67. The predicted molar refractivity (Wildman–Crippen MR) is 113 cm³/mol. The number of alkyl halides is 3. The number of benzene rings is 1. The number of nitrogens with one attached hydrogen (secondary N) is 1. The predicted octanol–water partition coefficient (Wildman–Crippen LogP) is 4.05. The molecule has 0 bridgehead atoms. The zero-order chi connectivity index (χ0) is 22.2. The number of hydrogen-bond donors (Lipinski definition) is 2. The van der Waals surface area contributed by atoms with Crippen LogP contribution >= 0.6 is 11.8 Å². The first-order valence-corrected chi connectivity index (χ1v) is 10.7. The van der Waals surface area contributed by atoms with Crippen LogP contribution in [0.4, 0.5) is 18.9 Å². The molecule has 0 radical (unpaired) electrons. The molecule has 3 atom stereocenters. The Morgan fingerprint density at radius 1 is 1.35 bits per heavy atom. The quantitative estimate of drug-likeness (QED) is 0.734. The first kappa shape index (κ1) is 21.6. The average molecular weight is 450 g/mol. The number of amides is 1. The van der Waals surface area contributed by atoms with Crippen LogP contribution < -0.4 is 11.1 Å². The van der Waals surface area contributed by atoms with Crippen molar-refractivity contribution in [3.8, 4) is 0 Å². The third-order valence-corrected chi connectivity index (χ3v) is 6.54. The minimum atomic E-state index is -2.66. The Hall–Kier alpha value is -2.59. The largest absolute Gasteiger partial charge is 0.379 e. The first-order chi connectivity index (χ1) is 14.7. The lowest BCUT2D eigenvalue weighted by atomic mass is 9.73. The number of nitrogens with two attached hydrogens (primary N) is 1. The van der Waals surface area contributed by atoms with Crippen molar-refractivity contribution in [1.29, 1.82) is 0 Å². The van der Waals surface area contributed by atoms with Crippen LogP contribution in [0.1, 0.15) is 41.4 Å². The van der Waals surface area contributed by atoms with Crippen molar-refractivity contribution in [3.63, 3.8) is 0 Å². The highest BCUT2D eigenvalue weighted by Crippen LogP contribution is 2.51. The van der Waals surface area contributed by atoms with Gasteiger partial charge in [0.05, 0.1) is 12.7 Å². The lowest BCUT2D eigenvalue weighted by Crippen LogP contribution is -2.60. The molecule has 3 N–H and O–H groups in total. The average Bonchev–Trinajstić information content (AvgIpc) is 2.74. The van der Waals surface area contributed by atoms with Gasteiger partial charge in [-0.3, -0.25) is 9.78 Å². The SMILES string of the molecule is C[C@H]1C[C@@]2(F)CSC(N)=N[C@@]2(c2cccc(NC(=O)c3ccc(C(F)F)cn3)c2)CO1. The molecule has 0 unspecified atom stereocenters. The van der Waals surface area contributed by atoms with E-state index in [1.165, 1.54) is 17.8 Å². The van der Waals surface area contributed by atoms with Gasteiger partial charge in [-0.25, -0.2) is 18.2 Å². The Morgan fingerprint density at radius 3 is 2.87 bits per heavy atom. The van der Waals surface area contributed by atoms with E-state index in [2.05, 4.69) is 15.3 Å². The van der Waals surface area contributed by atoms with Crippen LogP contribution in [0.3, 0.4) is 0 Å². The number of halogens is 3. The standard InChI is InChI=1S/C21H21F3N4O2S/c1-12-8-20(24)11-31-19(25)28-21(20,10-30-12)14-3-2-4-15(7-14)27-18(29)16-6-5-13(9-26-16)17(22)23/h2-7,9,12,17H,8,10-11H2,1H3,(H2,25,28)(H,27,29)/t12-,20+,21+/m0/s1. The molecule has 1 aromatic carbocycles. The third kappa shape index (κ3) is 4.01. The van der Waals surface area contributed by atoms with E-state index in [0.29, 0.717) is 11.3 Å². The van der Waals surface area contributed by atoms with E-state index in [9.17, 15) is 13.6 Å². The molecule has 31 heavy (non-hydrogen) atoms. The van der Waals surface area contributed by atoms with Gasteiger partial charge in [-0.2, -0.15) is 0 Å². The lowest BCUT2D eigenvalue weighted by molar-refractivity contribution is -0.106. The van der Waals surface area contributed by atoms with E-state index in [1.807, 2.05) is 6.92 Å². The van der Waals surface area contributed by atoms with Crippen LogP contribution in [0.15, 0.2) is 47.6 Å². The van der Waals surface area contributed by atoms with Crippen LogP contribution in [0, 0.1) is 0 Å². The molecule has 0 aliphatic carbocycles. The molecule has 6 nitrogen and oxygen atoms in total. The summed E-state index contributed by atoms with van der Waals surface area (Å²) < 4.78 is 47.3. The summed E-state index contributed by atoms with van der Waals surface area (Å²) in [4.78, 5) is 20.8. The number of thioether (sulfide) groups is 1. The highest BCUT2D eigenvalue weighted by Gasteiger charge is 2.59. The number of aromatic nitrogens is 1. The Bertz CT molecular complexity index is 1020. The van der Waals surface area contributed by atoms with Crippen LogP contribution in [0.2, 0.25) is 0 Å². The fourth-order valence-corrected chi connectivity index (χ4v) is 4.87. The van der Waals surface area contributed by atoms with Crippen molar-refractivity contribution in [2.45, 2.75) is 37.1 Å². The number of hydrogen-bond acceptors (Lipinski definition) is 6. The molecule has 164 valence electrons.